The van der Waals surface area contributed by atoms with Gasteiger partial charge in [-0.1, -0.05) is 24.3 Å². The molecule has 0 bridgehead atoms. The topological polar surface area (TPSA) is 38.7 Å². The third kappa shape index (κ3) is 1.53. The van der Waals surface area contributed by atoms with Crippen molar-refractivity contribution >= 4 is 48.5 Å². The summed E-state index contributed by atoms with van der Waals surface area (Å²) in [6.07, 6.45) is 5.31. The van der Waals surface area contributed by atoms with E-state index in [-0.39, 0.29) is 0 Å². The molecule has 0 radical (unpaired) electrons. The second-order valence-corrected chi connectivity index (χ2v) is 5.24. The number of rotatable bonds is 0. The molecule has 19 heavy (non-hydrogen) atoms. The maximum absolute atomic E-state index is 4.55. The van der Waals surface area contributed by atoms with Crippen LogP contribution in [-0.2, 0) is 0 Å². The summed E-state index contributed by atoms with van der Waals surface area (Å²) in [6.45, 7) is 0. The Balaban J connectivity index is 2.40. The monoisotopic (exact) mass is 309 g/mol. The molecule has 4 heteroatoms. The highest BCUT2D eigenvalue weighted by Gasteiger charge is 2.10. The van der Waals surface area contributed by atoms with Gasteiger partial charge < -0.3 is 0 Å². The van der Waals surface area contributed by atoms with Crippen molar-refractivity contribution in [1.29, 1.82) is 0 Å². The number of fused-ring (bicyclic) bond motifs is 5. The lowest BCUT2D eigenvalue weighted by atomic mass is 10.0. The maximum atomic E-state index is 4.55. The minimum Gasteiger partial charge on any atom is -0.254 e. The molecule has 2 aromatic heterocycles. The van der Waals surface area contributed by atoms with Crippen LogP contribution in [0.5, 0.6) is 0 Å². The molecule has 0 fully saturated rings. The molecule has 2 heterocycles. The molecule has 0 saturated carbocycles. The second-order valence-electron chi connectivity index (χ2n) is 4.39. The smallest absolute Gasteiger partial charge is 0.116 e. The molecule has 0 amide bonds. The van der Waals surface area contributed by atoms with Crippen LogP contribution in [0.2, 0.25) is 0 Å². The van der Waals surface area contributed by atoms with Gasteiger partial charge in [0.1, 0.15) is 6.33 Å². The summed E-state index contributed by atoms with van der Waals surface area (Å²) in [5, 5.41) is 4.37. The van der Waals surface area contributed by atoms with Crippen molar-refractivity contribution in [2.45, 2.75) is 0 Å². The first-order chi connectivity index (χ1) is 9.34. The van der Waals surface area contributed by atoms with Crippen LogP contribution in [0.4, 0.5) is 0 Å². The number of nitrogens with zero attached hydrogens (tertiary/aromatic N) is 3. The van der Waals surface area contributed by atoms with Crippen LogP contribution < -0.4 is 0 Å². The van der Waals surface area contributed by atoms with Gasteiger partial charge in [-0.25, -0.2) is 9.97 Å². The predicted octanol–water partition coefficient (Wildman–Crippen LogP) is 4.09. The molecule has 0 saturated heterocycles. The first-order valence-electron chi connectivity index (χ1n) is 5.90. The van der Waals surface area contributed by atoms with Crippen LogP contribution in [0, 0.1) is 0 Å². The number of aromatic nitrogens is 3. The summed E-state index contributed by atoms with van der Waals surface area (Å²) in [6, 6.07) is 10.2. The minimum absolute atomic E-state index is 0.935. The molecule has 4 rings (SSSR count). The lowest BCUT2D eigenvalue weighted by molar-refractivity contribution is 1.23. The molecule has 0 atom stereocenters. The maximum Gasteiger partial charge on any atom is 0.116 e. The van der Waals surface area contributed by atoms with Gasteiger partial charge in [-0.05, 0) is 27.4 Å². The molecule has 0 unspecified atom stereocenters. The first-order valence-corrected chi connectivity index (χ1v) is 6.69. The van der Waals surface area contributed by atoms with Crippen LogP contribution in [0.3, 0.4) is 0 Å². The van der Waals surface area contributed by atoms with Crippen molar-refractivity contribution in [3.05, 3.63) is 53.5 Å². The Bertz CT molecular complexity index is 918. The number of benzene rings is 2. The van der Waals surface area contributed by atoms with E-state index in [0.29, 0.717) is 0 Å². The average molecular weight is 310 g/mol. The van der Waals surface area contributed by atoms with Crippen molar-refractivity contribution in [3.63, 3.8) is 0 Å². The van der Waals surface area contributed by atoms with Gasteiger partial charge in [-0.3, -0.25) is 4.98 Å². The third-order valence-corrected chi connectivity index (χ3v) is 3.89. The summed E-state index contributed by atoms with van der Waals surface area (Å²) >= 11 is 3.59. The van der Waals surface area contributed by atoms with E-state index in [4.69, 9.17) is 0 Å². The standard InChI is InChI=1S/C15H8BrN3/c16-12-5-10-6-17-8-19-14(10)13-11-4-2-1-3-9(11)7-18-15(12)13/h1-8H. The Hall–Kier alpha value is -2.07. The van der Waals surface area contributed by atoms with Crippen molar-refractivity contribution in [1.82, 2.24) is 15.0 Å². The van der Waals surface area contributed by atoms with E-state index in [0.717, 1.165) is 37.1 Å². The largest absolute Gasteiger partial charge is 0.254 e. The van der Waals surface area contributed by atoms with Gasteiger partial charge in [-0.15, -0.1) is 0 Å². The van der Waals surface area contributed by atoms with E-state index in [1.807, 2.05) is 30.6 Å². The Labute approximate surface area is 117 Å². The third-order valence-electron chi connectivity index (χ3n) is 3.29. The fraction of sp³-hybridized carbons (Fsp3) is 0. The normalized spacial score (nSPS) is 11.4. The van der Waals surface area contributed by atoms with Crippen LogP contribution >= 0.6 is 15.9 Å². The molecule has 0 spiro atoms. The van der Waals surface area contributed by atoms with Gasteiger partial charge in [0.05, 0.1) is 11.0 Å². The molecule has 0 N–H and O–H groups in total. The molecule has 0 aliphatic heterocycles. The lowest BCUT2D eigenvalue weighted by Gasteiger charge is -2.07. The summed E-state index contributed by atoms with van der Waals surface area (Å²) in [4.78, 5) is 13.1. The Kier molecular flexibility index (Phi) is 2.26. The van der Waals surface area contributed by atoms with Crippen molar-refractivity contribution in [3.8, 4) is 0 Å². The Morgan fingerprint density at radius 2 is 1.79 bits per heavy atom. The molecule has 2 aromatic carbocycles. The van der Waals surface area contributed by atoms with Gasteiger partial charge in [0.25, 0.3) is 0 Å². The zero-order valence-corrected chi connectivity index (χ0v) is 11.4. The van der Waals surface area contributed by atoms with Crippen LogP contribution in [0.1, 0.15) is 0 Å². The second kappa shape index (κ2) is 3.96. The van der Waals surface area contributed by atoms with Crippen molar-refractivity contribution in [2.24, 2.45) is 0 Å². The molecular weight excluding hydrogens is 302 g/mol. The quantitative estimate of drug-likeness (QED) is 0.459. The highest BCUT2D eigenvalue weighted by atomic mass is 79.9. The van der Waals surface area contributed by atoms with E-state index >= 15 is 0 Å². The van der Waals surface area contributed by atoms with E-state index < -0.39 is 0 Å². The summed E-state index contributed by atoms with van der Waals surface area (Å²) in [5.41, 5.74) is 1.88. The van der Waals surface area contributed by atoms with E-state index in [1.165, 1.54) is 0 Å². The molecule has 3 nitrogen and oxygen atoms in total. The molecule has 0 aliphatic carbocycles. The Morgan fingerprint density at radius 3 is 2.74 bits per heavy atom. The SMILES string of the molecule is Brc1cc2cncnc2c2c1ncc1ccccc12. The summed E-state index contributed by atoms with van der Waals surface area (Å²) in [7, 11) is 0. The van der Waals surface area contributed by atoms with E-state index in [2.05, 4.69) is 43.0 Å². The zero-order valence-electron chi connectivity index (χ0n) is 9.84. The number of pyridine rings is 1. The van der Waals surface area contributed by atoms with Gasteiger partial charge in [-0.2, -0.15) is 0 Å². The van der Waals surface area contributed by atoms with Gasteiger partial charge >= 0.3 is 0 Å². The Morgan fingerprint density at radius 1 is 0.895 bits per heavy atom. The fourth-order valence-corrected chi connectivity index (χ4v) is 2.99. The highest BCUT2D eigenvalue weighted by molar-refractivity contribution is 9.10. The molecular formula is C15H8BrN3. The van der Waals surface area contributed by atoms with Gasteiger partial charge in [0.15, 0.2) is 0 Å². The first kappa shape index (κ1) is 10.8. The molecule has 0 aliphatic rings. The summed E-state index contributed by atoms with van der Waals surface area (Å²) in [5.74, 6) is 0. The highest BCUT2D eigenvalue weighted by Crippen LogP contribution is 2.33. The van der Waals surface area contributed by atoms with Gasteiger partial charge in [0, 0.05) is 33.0 Å². The number of halogens is 1. The van der Waals surface area contributed by atoms with Crippen molar-refractivity contribution in [2.75, 3.05) is 0 Å². The van der Waals surface area contributed by atoms with Crippen LogP contribution in [0.15, 0.2) is 53.5 Å². The minimum atomic E-state index is 0.935. The van der Waals surface area contributed by atoms with E-state index in [1.54, 1.807) is 6.33 Å². The average Bonchev–Trinajstić information content (AvgIpc) is 2.47. The fourth-order valence-electron chi connectivity index (χ4n) is 2.44. The lowest BCUT2D eigenvalue weighted by Crippen LogP contribution is -1.89. The van der Waals surface area contributed by atoms with Crippen LogP contribution in [0.25, 0.3) is 32.6 Å². The zero-order chi connectivity index (χ0) is 12.8. The van der Waals surface area contributed by atoms with Gasteiger partial charge in [0.2, 0.25) is 0 Å². The van der Waals surface area contributed by atoms with Crippen LogP contribution in [-0.4, -0.2) is 15.0 Å². The van der Waals surface area contributed by atoms with Crippen molar-refractivity contribution < 1.29 is 0 Å². The molecule has 4 aromatic rings. The van der Waals surface area contributed by atoms with E-state index in [9.17, 15) is 0 Å². The molecule has 90 valence electrons. The number of hydrogen-bond donors (Lipinski definition) is 0. The summed E-state index contributed by atoms with van der Waals surface area (Å²) < 4.78 is 0.968. The number of hydrogen-bond acceptors (Lipinski definition) is 3. The predicted molar refractivity (Wildman–Crippen MR) is 80.0 cm³/mol.